The van der Waals surface area contributed by atoms with Crippen LogP contribution >= 0.6 is 11.6 Å². The number of carbonyl (C=O) groups excluding carboxylic acids is 1. The van der Waals surface area contributed by atoms with Gasteiger partial charge in [-0.05, 0) is 56.0 Å². The molecule has 1 amide bonds. The number of piperidine rings is 1. The molecule has 1 saturated heterocycles. The van der Waals surface area contributed by atoms with Crippen LogP contribution in [0.4, 0.5) is 10.2 Å². The van der Waals surface area contributed by atoms with Crippen molar-refractivity contribution in [2.24, 2.45) is 11.8 Å². The lowest BCUT2D eigenvalue weighted by atomic mass is 9.97. The molecule has 0 atom stereocenters. The molecule has 0 bridgehead atoms. The zero-order valence-electron chi connectivity index (χ0n) is 18.8. The molecule has 1 aromatic heterocycles. The van der Waals surface area contributed by atoms with Gasteiger partial charge in [0.1, 0.15) is 16.9 Å². The first-order valence-corrected chi connectivity index (χ1v) is 11.3. The van der Waals surface area contributed by atoms with Gasteiger partial charge in [-0.3, -0.25) is 20.1 Å². The highest BCUT2D eigenvalue weighted by atomic mass is 35.5. The van der Waals surface area contributed by atoms with Gasteiger partial charge in [0, 0.05) is 30.8 Å². The Bertz CT molecular complexity index is 1020. The van der Waals surface area contributed by atoms with Gasteiger partial charge >= 0.3 is 0 Å². The third-order valence-corrected chi connectivity index (χ3v) is 5.81. The van der Waals surface area contributed by atoms with E-state index in [9.17, 15) is 14.3 Å². The second kappa shape index (κ2) is 11.4. The van der Waals surface area contributed by atoms with E-state index in [1.807, 2.05) is 19.9 Å². The minimum Gasteiger partial charge on any atom is -0.396 e. The summed E-state index contributed by atoms with van der Waals surface area (Å²) in [7, 11) is 0. The van der Waals surface area contributed by atoms with Gasteiger partial charge in [-0.15, -0.1) is 0 Å². The van der Waals surface area contributed by atoms with E-state index >= 15 is 0 Å². The summed E-state index contributed by atoms with van der Waals surface area (Å²) >= 11 is 6.15. The maximum Gasteiger partial charge on any atom is 0.272 e. The third kappa shape index (κ3) is 6.60. The summed E-state index contributed by atoms with van der Waals surface area (Å²) in [5.41, 5.74) is 3.67. The van der Waals surface area contributed by atoms with Gasteiger partial charge in [0.25, 0.3) is 5.91 Å². The Balaban J connectivity index is 1.80. The number of nitrogens with one attached hydrogen (secondary N) is 1. The van der Waals surface area contributed by atoms with Crippen LogP contribution in [-0.4, -0.2) is 57.1 Å². The highest BCUT2D eigenvalue weighted by molar-refractivity contribution is 6.32. The van der Waals surface area contributed by atoms with E-state index in [1.165, 1.54) is 23.3 Å². The average Bonchev–Trinajstić information content (AvgIpc) is 2.81. The van der Waals surface area contributed by atoms with Crippen LogP contribution in [-0.2, 0) is 6.54 Å². The van der Waals surface area contributed by atoms with Gasteiger partial charge in [-0.25, -0.2) is 9.37 Å². The topological polar surface area (TPSA) is 105 Å². The minimum atomic E-state index is -0.364. The summed E-state index contributed by atoms with van der Waals surface area (Å²) in [6, 6.07) is 6.18. The van der Waals surface area contributed by atoms with Crippen molar-refractivity contribution in [1.82, 2.24) is 19.9 Å². The molecule has 2 heterocycles. The van der Waals surface area contributed by atoms with Gasteiger partial charge in [-0.2, -0.15) is 10.2 Å². The summed E-state index contributed by atoms with van der Waals surface area (Å²) in [5, 5.41) is 19.9. The van der Waals surface area contributed by atoms with E-state index in [2.05, 4.69) is 20.3 Å². The fourth-order valence-corrected chi connectivity index (χ4v) is 3.86. The monoisotopic (exact) mass is 474 g/mol. The summed E-state index contributed by atoms with van der Waals surface area (Å²) in [6.07, 6.45) is 3.03. The fourth-order valence-electron chi connectivity index (χ4n) is 3.72. The van der Waals surface area contributed by atoms with Gasteiger partial charge in [0.2, 0.25) is 5.82 Å². The summed E-state index contributed by atoms with van der Waals surface area (Å²) < 4.78 is 14.6. The number of aromatic nitrogens is 2. The van der Waals surface area contributed by atoms with Crippen LogP contribution in [0.2, 0.25) is 5.02 Å². The zero-order valence-corrected chi connectivity index (χ0v) is 19.5. The number of halogens is 2. The normalized spacial score (nSPS) is 14.8. The number of carbonyl (C=O) groups is 1. The molecule has 33 heavy (non-hydrogen) atoms. The number of likely N-dealkylation sites (tertiary alicyclic amines) is 1. The van der Waals surface area contributed by atoms with E-state index in [0.29, 0.717) is 30.1 Å². The Kier molecular flexibility index (Phi) is 8.55. The summed E-state index contributed by atoms with van der Waals surface area (Å²) in [5.74, 6) is -0.247. The van der Waals surface area contributed by atoms with Crippen molar-refractivity contribution in [1.29, 1.82) is 5.26 Å². The van der Waals surface area contributed by atoms with Gasteiger partial charge in [0.15, 0.2) is 5.82 Å². The SMILES string of the molecule is CC(C)CN(Nc1nc(C#N)ncc1Cl)C(=O)c1ccc(F)c(CN2CCC(CO)CC2)c1. The number of nitrogens with zero attached hydrogens (tertiary/aromatic N) is 5. The molecule has 0 unspecified atom stereocenters. The Morgan fingerprint density at radius 3 is 2.79 bits per heavy atom. The number of hydrazine groups is 1. The second-order valence-corrected chi connectivity index (χ2v) is 9.04. The maximum absolute atomic E-state index is 14.6. The Labute approximate surface area is 198 Å². The molecule has 1 aliphatic heterocycles. The quantitative estimate of drug-likeness (QED) is 0.564. The van der Waals surface area contributed by atoms with Crippen molar-refractivity contribution in [2.45, 2.75) is 33.2 Å². The molecule has 0 saturated carbocycles. The number of nitriles is 1. The second-order valence-electron chi connectivity index (χ2n) is 8.63. The number of aliphatic hydroxyl groups is 1. The van der Waals surface area contributed by atoms with E-state index in [0.717, 1.165) is 25.9 Å². The largest absolute Gasteiger partial charge is 0.396 e. The number of hydrogen-bond acceptors (Lipinski definition) is 7. The number of rotatable bonds is 8. The predicted octanol–water partition coefficient (Wildman–Crippen LogP) is 3.47. The van der Waals surface area contributed by atoms with Crippen molar-refractivity contribution in [3.8, 4) is 6.07 Å². The van der Waals surface area contributed by atoms with Crippen molar-refractivity contribution >= 4 is 23.3 Å². The zero-order chi connectivity index (χ0) is 24.0. The van der Waals surface area contributed by atoms with E-state index < -0.39 is 0 Å². The van der Waals surface area contributed by atoms with Crippen molar-refractivity contribution in [3.63, 3.8) is 0 Å². The van der Waals surface area contributed by atoms with Gasteiger partial charge in [-0.1, -0.05) is 25.4 Å². The molecule has 2 aromatic rings. The molecule has 0 aliphatic carbocycles. The van der Waals surface area contributed by atoms with Crippen molar-refractivity contribution < 1.29 is 14.3 Å². The molecule has 10 heteroatoms. The average molecular weight is 475 g/mol. The number of benzene rings is 1. The van der Waals surface area contributed by atoms with Crippen molar-refractivity contribution in [3.05, 3.63) is 52.2 Å². The third-order valence-electron chi connectivity index (χ3n) is 5.53. The number of hydrogen-bond donors (Lipinski definition) is 2. The molecule has 1 aromatic carbocycles. The van der Waals surface area contributed by atoms with Crippen LogP contribution in [0.1, 0.15) is 48.4 Å². The Morgan fingerprint density at radius 1 is 1.42 bits per heavy atom. The molecule has 3 rings (SSSR count). The molecule has 0 spiro atoms. The first-order chi connectivity index (χ1) is 15.8. The van der Waals surface area contributed by atoms with E-state index in [4.69, 9.17) is 16.9 Å². The molecular weight excluding hydrogens is 447 g/mol. The van der Waals surface area contributed by atoms with Crippen molar-refractivity contribution in [2.75, 3.05) is 31.7 Å². The molecule has 8 nitrogen and oxygen atoms in total. The minimum absolute atomic E-state index is 0.0760. The fraction of sp³-hybridized carbons (Fsp3) is 0.478. The van der Waals surface area contributed by atoms with Gasteiger partial charge < -0.3 is 5.11 Å². The predicted molar refractivity (Wildman–Crippen MR) is 123 cm³/mol. The van der Waals surface area contributed by atoms with Crippen LogP contribution in [0.15, 0.2) is 24.4 Å². The molecule has 2 N–H and O–H groups in total. The summed E-state index contributed by atoms with van der Waals surface area (Å²) in [6.45, 7) is 6.37. The maximum atomic E-state index is 14.6. The van der Waals surface area contributed by atoms with E-state index in [-0.39, 0.29) is 40.9 Å². The lowest BCUT2D eigenvalue weighted by Gasteiger charge is -2.31. The molecule has 176 valence electrons. The van der Waals surface area contributed by atoms with E-state index in [1.54, 1.807) is 6.07 Å². The highest BCUT2D eigenvalue weighted by Crippen LogP contribution is 2.22. The number of anilines is 1. The molecule has 1 aliphatic rings. The number of aliphatic hydroxyl groups excluding tert-OH is 1. The molecular formula is C23H28ClFN6O2. The highest BCUT2D eigenvalue weighted by Gasteiger charge is 2.23. The van der Waals surface area contributed by atoms with Crippen LogP contribution < -0.4 is 5.43 Å². The lowest BCUT2D eigenvalue weighted by molar-refractivity contribution is 0.0776. The van der Waals surface area contributed by atoms with Crippen LogP contribution in [0, 0.1) is 29.0 Å². The van der Waals surface area contributed by atoms with Crippen LogP contribution in [0.5, 0.6) is 0 Å². The smallest absolute Gasteiger partial charge is 0.272 e. The molecule has 1 fully saturated rings. The number of amides is 1. The van der Waals surface area contributed by atoms with Crippen LogP contribution in [0.25, 0.3) is 0 Å². The lowest BCUT2D eigenvalue weighted by Crippen LogP contribution is -2.39. The first-order valence-electron chi connectivity index (χ1n) is 10.9. The Hall–Kier alpha value is -2.80. The standard InChI is InChI=1S/C23H28ClFN6O2/c1-15(2)12-31(29-22-19(24)11-27-21(10-26)28-22)23(33)17-3-4-20(25)18(9-17)13-30-7-5-16(14-32)6-8-30/h3-4,9,11,15-16,32H,5-8,12-14H2,1-2H3,(H,27,28,29). The van der Waals surface area contributed by atoms with Gasteiger partial charge in [0.05, 0.1) is 6.20 Å². The Morgan fingerprint density at radius 2 is 2.15 bits per heavy atom. The van der Waals surface area contributed by atoms with Crippen LogP contribution in [0.3, 0.4) is 0 Å². The first kappa shape index (κ1) is 24.8. The summed E-state index contributed by atoms with van der Waals surface area (Å²) in [4.78, 5) is 23.3. The molecule has 0 radical (unpaired) electrons.